The molecule has 3 aliphatic rings. The molecule has 9 nitrogen and oxygen atoms in total. The second-order valence-corrected chi connectivity index (χ2v) is 7.97. The number of benzene rings is 1. The second-order valence-electron chi connectivity index (χ2n) is 7.97. The van der Waals surface area contributed by atoms with Gasteiger partial charge in [0, 0.05) is 45.1 Å². The van der Waals surface area contributed by atoms with Gasteiger partial charge >= 0.3 is 0 Å². The minimum atomic E-state index is -0.943. The number of fused-ring (bicyclic) bond motifs is 1. The first kappa shape index (κ1) is 19.7. The average molecular weight is 400 g/mol. The van der Waals surface area contributed by atoms with Crippen LogP contribution in [0.4, 0.5) is 0 Å². The molecule has 1 aromatic carbocycles. The highest BCUT2D eigenvalue weighted by Crippen LogP contribution is 2.28. The predicted molar refractivity (Wildman–Crippen MR) is 102 cm³/mol. The Morgan fingerprint density at radius 2 is 1.93 bits per heavy atom. The number of ether oxygens (including phenoxy) is 1. The van der Waals surface area contributed by atoms with Crippen LogP contribution in [0.1, 0.15) is 39.1 Å². The maximum Gasteiger partial charge on any atom is 0.262 e. The van der Waals surface area contributed by atoms with Gasteiger partial charge < -0.3 is 15.4 Å². The first-order chi connectivity index (χ1) is 13.9. The van der Waals surface area contributed by atoms with Crippen LogP contribution < -0.4 is 16.0 Å². The Labute approximate surface area is 168 Å². The molecule has 1 aromatic rings. The van der Waals surface area contributed by atoms with Crippen LogP contribution in [-0.4, -0.2) is 67.9 Å². The maximum atomic E-state index is 12.9. The summed E-state index contributed by atoms with van der Waals surface area (Å²) in [4.78, 5) is 50.0. The van der Waals surface area contributed by atoms with Gasteiger partial charge in [-0.25, -0.2) is 0 Å². The topological polar surface area (TPSA) is 117 Å². The van der Waals surface area contributed by atoms with Crippen LogP contribution in [0.3, 0.4) is 0 Å². The van der Waals surface area contributed by atoms with Crippen LogP contribution in [0.5, 0.6) is 0 Å². The number of rotatable bonds is 7. The quantitative estimate of drug-likeness (QED) is 0.524. The van der Waals surface area contributed by atoms with Gasteiger partial charge in [0.05, 0.1) is 17.7 Å². The van der Waals surface area contributed by atoms with E-state index in [2.05, 4.69) is 16.0 Å². The van der Waals surface area contributed by atoms with Crippen molar-refractivity contribution in [2.45, 2.75) is 25.4 Å². The number of carbonyl (C=O) groups excluding carboxylic acids is 4. The van der Waals surface area contributed by atoms with E-state index in [9.17, 15) is 19.2 Å². The fourth-order valence-electron chi connectivity index (χ4n) is 4.16. The molecule has 3 heterocycles. The Hall–Kier alpha value is -2.62. The standard InChI is InChI=1S/C20H24N4O5/c1-29-11-20(9-22-10-20)8-21-7-12-2-3-13-14(6-12)19(28)24(18(13)27)15-4-5-16(25)23-17(15)26/h2-3,6,15,21-22H,4-5,7-11H2,1H3,(H,23,25,26). The molecule has 0 radical (unpaired) electrons. The molecule has 0 saturated carbocycles. The zero-order chi connectivity index (χ0) is 20.6. The van der Waals surface area contributed by atoms with Crippen molar-refractivity contribution in [2.75, 3.05) is 33.4 Å². The molecular formula is C20H24N4O5. The van der Waals surface area contributed by atoms with Crippen molar-refractivity contribution in [1.29, 1.82) is 0 Å². The Morgan fingerprint density at radius 3 is 2.59 bits per heavy atom. The van der Waals surface area contributed by atoms with E-state index in [0.717, 1.165) is 30.1 Å². The molecule has 29 heavy (non-hydrogen) atoms. The molecule has 0 aliphatic carbocycles. The zero-order valence-corrected chi connectivity index (χ0v) is 16.2. The number of carbonyl (C=O) groups is 4. The Morgan fingerprint density at radius 1 is 1.17 bits per heavy atom. The second kappa shape index (κ2) is 7.66. The van der Waals surface area contributed by atoms with Crippen LogP contribution in [0, 0.1) is 5.41 Å². The smallest absolute Gasteiger partial charge is 0.262 e. The van der Waals surface area contributed by atoms with E-state index in [4.69, 9.17) is 4.74 Å². The van der Waals surface area contributed by atoms with E-state index in [1.807, 2.05) is 6.07 Å². The van der Waals surface area contributed by atoms with E-state index in [1.54, 1.807) is 19.2 Å². The monoisotopic (exact) mass is 400 g/mol. The molecule has 4 rings (SSSR count). The highest BCUT2D eigenvalue weighted by atomic mass is 16.5. The van der Waals surface area contributed by atoms with Crippen LogP contribution in [-0.2, 0) is 20.9 Å². The maximum absolute atomic E-state index is 12.9. The third-order valence-corrected chi connectivity index (χ3v) is 5.78. The lowest BCUT2D eigenvalue weighted by Crippen LogP contribution is -2.60. The van der Waals surface area contributed by atoms with Gasteiger partial charge in [0.1, 0.15) is 6.04 Å². The third-order valence-electron chi connectivity index (χ3n) is 5.78. The van der Waals surface area contributed by atoms with E-state index < -0.39 is 23.8 Å². The van der Waals surface area contributed by atoms with Crippen LogP contribution in [0.2, 0.25) is 0 Å². The molecule has 3 N–H and O–H groups in total. The fourth-order valence-corrected chi connectivity index (χ4v) is 4.16. The lowest BCUT2D eigenvalue weighted by molar-refractivity contribution is -0.136. The molecule has 0 aromatic heterocycles. The summed E-state index contributed by atoms with van der Waals surface area (Å²) >= 11 is 0. The molecule has 1 atom stereocenters. The SMILES string of the molecule is COCC1(CNCc2ccc3c(c2)C(=O)N(C2CCC(=O)NC2=O)C3=O)CNC1. The largest absolute Gasteiger partial charge is 0.384 e. The molecule has 1 unspecified atom stereocenters. The highest BCUT2D eigenvalue weighted by molar-refractivity contribution is 6.23. The summed E-state index contributed by atoms with van der Waals surface area (Å²) in [7, 11) is 1.69. The number of piperidine rings is 1. The van der Waals surface area contributed by atoms with Crippen molar-refractivity contribution < 1.29 is 23.9 Å². The van der Waals surface area contributed by atoms with Gasteiger partial charge in [-0.15, -0.1) is 0 Å². The minimum absolute atomic E-state index is 0.0832. The molecule has 0 bridgehead atoms. The van der Waals surface area contributed by atoms with Gasteiger partial charge in [-0.2, -0.15) is 0 Å². The number of nitrogens with zero attached hydrogens (tertiary/aromatic N) is 1. The van der Waals surface area contributed by atoms with Crippen LogP contribution >= 0.6 is 0 Å². The lowest BCUT2D eigenvalue weighted by Gasteiger charge is -2.42. The highest BCUT2D eigenvalue weighted by Gasteiger charge is 2.44. The first-order valence-electron chi connectivity index (χ1n) is 9.69. The Bertz CT molecular complexity index is 880. The van der Waals surface area contributed by atoms with Crippen molar-refractivity contribution in [1.82, 2.24) is 20.9 Å². The summed E-state index contributed by atoms with van der Waals surface area (Å²) in [6, 6.07) is 4.21. The molecule has 2 fully saturated rings. The van der Waals surface area contributed by atoms with Gasteiger partial charge in [-0.05, 0) is 24.1 Å². The number of hydrogen-bond donors (Lipinski definition) is 3. The van der Waals surface area contributed by atoms with Gasteiger partial charge in [0.2, 0.25) is 11.8 Å². The predicted octanol–water partition coefficient (Wildman–Crippen LogP) is -0.587. The number of nitrogens with one attached hydrogen (secondary N) is 3. The van der Waals surface area contributed by atoms with E-state index in [-0.39, 0.29) is 24.2 Å². The van der Waals surface area contributed by atoms with E-state index in [1.165, 1.54) is 0 Å². The molecular weight excluding hydrogens is 376 g/mol. The summed E-state index contributed by atoms with van der Waals surface area (Å²) in [5.74, 6) is -1.96. The van der Waals surface area contributed by atoms with Crippen molar-refractivity contribution >= 4 is 23.6 Å². The van der Waals surface area contributed by atoms with Crippen molar-refractivity contribution in [3.63, 3.8) is 0 Å². The molecule has 154 valence electrons. The van der Waals surface area contributed by atoms with Crippen LogP contribution in [0.25, 0.3) is 0 Å². The Balaban J connectivity index is 1.44. The molecule has 3 aliphatic heterocycles. The zero-order valence-electron chi connectivity index (χ0n) is 16.2. The van der Waals surface area contributed by atoms with Crippen LogP contribution in [0.15, 0.2) is 18.2 Å². The normalized spacial score (nSPS) is 23.1. The van der Waals surface area contributed by atoms with Crippen molar-refractivity contribution in [3.05, 3.63) is 34.9 Å². The van der Waals surface area contributed by atoms with Gasteiger partial charge in [-0.3, -0.25) is 29.4 Å². The number of methoxy groups -OCH3 is 1. The summed E-state index contributed by atoms with van der Waals surface area (Å²) < 4.78 is 5.30. The third kappa shape index (κ3) is 3.57. The number of hydrogen-bond acceptors (Lipinski definition) is 7. The lowest BCUT2D eigenvalue weighted by atomic mass is 9.82. The average Bonchev–Trinajstić information content (AvgIpc) is 2.90. The van der Waals surface area contributed by atoms with Gasteiger partial charge in [-0.1, -0.05) is 6.07 Å². The summed E-state index contributed by atoms with van der Waals surface area (Å²) in [5, 5.41) is 8.86. The van der Waals surface area contributed by atoms with Crippen molar-refractivity contribution in [3.8, 4) is 0 Å². The molecule has 4 amide bonds. The van der Waals surface area contributed by atoms with E-state index >= 15 is 0 Å². The fraction of sp³-hybridized carbons (Fsp3) is 0.500. The first-order valence-corrected chi connectivity index (χ1v) is 9.69. The Kier molecular flexibility index (Phi) is 5.20. The van der Waals surface area contributed by atoms with E-state index in [0.29, 0.717) is 24.3 Å². The summed E-state index contributed by atoms with van der Waals surface area (Å²) in [6.07, 6.45) is 0.261. The molecule has 9 heteroatoms. The molecule has 0 spiro atoms. The minimum Gasteiger partial charge on any atom is -0.384 e. The number of imide groups is 2. The summed E-state index contributed by atoms with van der Waals surface area (Å²) in [6.45, 7) is 3.79. The van der Waals surface area contributed by atoms with Crippen molar-refractivity contribution in [2.24, 2.45) is 5.41 Å². The number of amides is 4. The summed E-state index contributed by atoms with van der Waals surface area (Å²) in [5.41, 5.74) is 1.56. The van der Waals surface area contributed by atoms with Gasteiger partial charge in [0.15, 0.2) is 0 Å². The molecule has 2 saturated heterocycles. The van der Waals surface area contributed by atoms with Gasteiger partial charge in [0.25, 0.3) is 11.8 Å².